The number of hydrogen-bond acceptors (Lipinski definition) is 6. The fraction of sp³-hybridized carbons (Fsp3) is 0.320. The third-order valence-electron chi connectivity index (χ3n) is 5.62. The van der Waals surface area contributed by atoms with Gasteiger partial charge in [-0.25, -0.2) is 9.97 Å². The molecule has 0 aliphatic carbocycles. The van der Waals surface area contributed by atoms with E-state index < -0.39 is 0 Å². The quantitative estimate of drug-likeness (QED) is 0.445. The van der Waals surface area contributed by atoms with Gasteiger partial charge in [0.1, 0.15) is 5.75 Å². The van der Waals surface area contributed by atoms with Crippen molar-refractivity contribution in [3.05, 3.63) is 71.5 Å². The van der Waals surface area contributed by atoms with E-state index >= 15 is 0 Å². The zero-order valence-electron chi connectivity index (χ0n) is 18.5. The van der Waals surface area contributed by atoms with Gasteiger partial charge in [0.15, 0.2) is 5.03 Å². The molecule has 6 nitrogen and oxygen atoms in total. The third-order valence-corrected chi connectivity index (χ3v) is 6.85. The summed E-state index contributed by atoms with van der Waals surface area (Å²) in [7, 11) is 0. The molecule has 0 saturated carbocycles. The Labute approximate surface area is 203 Å². The summed E-state index contributed by atoms with van der Waals surface area (Å²) in [5.41, 5.74) is 0.601. The Morgan fingerprint density at radius 3 is 2.64 bits per heavy atom. The van der Waals surface area contributed by atoms with Crippen LogP contribution in [0.2, 0.25) is 5.02 Å². The van der Waals surface area contributed by atoms with Crippen LogP contribution in [0.3, 0.4) is 0 Å². The lowest BCUT2D eigenvalue weighted by Gasteiger charge is -2.33. The van der Waals surface area contributed by atoms with Crippen molar-refractivity contribution in [2.24, 2.45) is 0 Å². The summed E-state index contributed by atoms with van der Waals surface area (Å²) < 4.78 is 5.95. The van der Waals surface area contributed by atoms with Crippen LogP contribution in [0.15, 0.2) is 70.8 Å². The van der Waals surface area contributed by atoms with E-state index in [1.165, 1.54) is 31.0 Å². The van der Waals surface area contributed by atoms with E-state index in [4.69, 9.17) is 16.3 Å². The number of nitrogens with zero attached hydrogens (tertiary/aromatic N) is 3. The van der Waals surface area contributed by atoms with Gasteiger partial charge < -0.3 is 10.1 Å². The second-order valence-electron chi connectivity index (χ2n) is 7.99. The van der Waals surface area contributed by atoms with Crippen LogP contribution >= 0.6 is 23.4 Å². The van der Waals surface area contributed by atoms with Crippen molar-refractivity contribution in [2.75, 3.05) is 19.6 Å². The molecule has 33 heavy (non-hydrogen) atoms. The zero-order chi connectivity index (χ0) is 23.0. The fourth-order valence-corrected chi connectivity index (χ4v) is 4.67. The number of carbonyl (C=O) groups is 1. The highest BCUT2D eigenvalue weighted by Gasteiger charge is 2.18. The van der Waals surface area contributed by atoms with E-state index in [1.807, 2.05) is 24.3 Å². The molecule has 1 amide bonds. The maximum absolute atomic E-state index is 12.5. The Kier molecular flexibility index (Phi) is 8.20. The first kappa shape index (κ1) is 23.5. The summed E-state index contributed by atoms with van der Waals surface area (Å²) in [6.07, 6.45) is 7.00. The molecule has 1 aliphatic heterocycles. The molecule has 172 valence electrons. The number of ether oxygens (including phenoxy) is 1. The first-order chi connectivity index (χ1) is 16.1. The highest BCUT2D eigenvalue weighted by atomic mass is 35.5. The fourth-order valence-electron chi connectivity index (χ4n) is 3.76. The topological polar surface area (TPSA) is 67.4 Å². The van der Waals surface area contributed by atoms with E-state index in [-0.39, 0.29) is 5.91 Å². The first-order valence-corrected chi connectivity index (χ1v) is 12.3. The second kappa shape index (κ2) is 11.5. The van der Waals surface area contributed by atoms with Gasteiger partial charge in [-0.05, 0) is 74.8 Å². The van der Waals surface area contributed by atoms with E-state index in [1.54, 1.807) is 36.7 Å². The van der Waals surface area contributed by atoms with Gasteiger partial charge in [0, 0.05) is 47.0 Å². The number of halogens is 1. The van der Waals surface area contributed by atoms with Crippen molar-refractivity contribution in [1.82, 2.24) is 20.2 Å². The van der Waals surface area contributed by atoms with Crippen LogP contribution in [0.1, 0.15) is 36.5 Å². The van der Waals surface area contributed by atoms with E-state index in [9.17, 15) is 4.79 Å². The number of amides is 1. The van der Waals surface area contributed by atoms with Gasteiger partial charge in [-0.1, -0.05) is 29.8 Å². The summed E-state index contributed by atoms with van der Waals surface area (Å²) in [5, 5.41) is 4.35. The lowest BCUT2D eigenvalue weighted by Crippen LogP contribution is -2.42. The maximum atomic E-state index is 12.5. The Balaban J connectivity index is 1.33. The highest BCUT2D eigenvalue weighted by Crippen LogP contribution is 2.34. The number of aromatic nitrogens is 2. The number of rotatable bonds is 8. The first-order valence-electron chi connectivity index (χ1n) is 11.1. The van der Waals surface area contributed by atoms with Crippen molar-refractivity contribution in [2.45, 2.75) is 42.1 Å². The molecule has 2 heterocycles. The van der Waals surface area contributed by atoms with Gasteiger partial charge in [-0.15, -0.1) is 0 Å². The van der Waals surface area contributed by atoms with E-state index in [2.05, 4.69) is 27.1 Å². The number of hydrogen-bond donors (Lipinski definition) is 1. The average Bonchev–Trinajstić information content (AvgIpc) is 2.83. The van der Waals surface area contributed by atoms with Crippen LogP contribution in [-0.2, 0) is 0 Å². The number of benzene rings is 2. The largest absolute Gasteiger partial charge is 0.437 e. The predicted molar refractivity (Wildman–Crippen MR) is 131 cm³/mol. The van der Waals surface area contributed by atoms with Crippen molar-refractivity contribution >= 4 is 29.3 Å². The molecular weight excluding hydrogens is 456 g/mol. The van der Waals surface area contributed by atoms with Gasteiger partial charge in [-0.2, -0.15) is 0 Å². The second-order valence-corrected chi connectivity index (χ2v) is 9.48. The minimum absolute atomic E-state index is 0.0790. The Morgan fingerprint density at radius 1 is 1.12 bits per heavy atom. The summed E-state index contributed by atoms with van der Waals surface area (Å²) >= 11 is 7.41. The Hall–Kier alpha value is -2.61. The summed E-state index contributed by atoms with van der Waals surface area (Å²) in [4.78, 5) is 24.7. The van der Waals surface area contributed by atoms with Crippen LogP contribution in [0, 0.1) is 0 Å². The predicted octanol–water partition coefficient (Wildman–Crippen LogP) is 5.68. The van der Waals surface area contributed by atoms with Gasteiger partial charge in [0.25, 0.3) is 11.8 Å². The zero-order valence-corrected chi connectivity index (χ0v) is 20.1. The highest BCUT2D eigenvalue weighted by molar-refractivity contribution is 7.99. The lowest BCUT2D eigenvalue weighted by atomic mass is 10.0. The van der Waals surface area contributed by atoms with E-state index in [0.29, 0.717) is 39.8 Å². The van der Waals surface area contributed by atoms with E-state index in [0.717, 1.165) is 18.0 Å². The van der Waals surface area contributed by atoms with Gasteiger partial charge in [0.2, 0.25) is 0 Å². The minimum atomic E-state index is -0.0790. The van der Waals surface area contributed by atoms with Crippen LogP contribution in [0.4, 0.5) is 0 Å². The molecule has 2 aromatic carbocycles. The third kappa shape index (κ3) is 6.69. The number of nitrogens with one attached hydrogen (secondary N) is 1. The number of piperidine rings is 1. The van der Waals surface area contributed by atoms with Gasteiger partial charge in [0.05, 0.1) is 0 Å². The van der Waals surface area contributed by atoms with Crippen LogP contribution < -0.4 is 10.1 Å². The molecule has 0 unspecified atom stereocenters. The molecule has 1 saturated heterocycles. The normalized spacial score (nSPS) is 16.4. The van der Waals surface area contributed by atoms with Gasteiger partial charge in [-0.3, -0.25) is 9.69 Å². The molecule has 0 radical (unpaired) electrons. The molecule has 1 N–H and O–H groups in total. The molecule has 0 bridgehead atoms. The molecule has 1 aromatic heterocycles. The molecule has 3 aromatic rings. The van der Waals surface area contributed by atoms with Crippen molar-refractivity contribution in [1.29, 1.82) is 0 Å². The summed E-state index contributed by atoms with van der Waals surface area (Å²) in [6, 6.07) is 15.2. The Morgan fingerprint density at radius 2 is 1.88 bits per heavy atom. The molecule has 1 aliphatic rings. The van der Waals surface area contributed by atoms with Crippen LogP contribution in [0.5, 0.6) is 11.6 Å². The van der Waals surface area contributed by atoms with Crippen molar-refractivity contribution in [3.8, 4) is 11.6 Å². The lowest BCUT2D eigenvalue weighted by molar-refractivity contribution is 0.0938. The minimum Gasteiger partial charge on any atom is -0.437 e. The molecule has 0 spiro atoms. The SMILES string of the molecule is C[C@H]1CCCCN1CCNC(=O)c1ccc(Oc2nccnc2Sc2ccc(Cl)cc2)cc1. The maximum Gasteiger partial charge on any atom is 0.252 e. The van der Waals surface area contributed by atoms with Gasteiger partial charge >= 0.3 is 0 Å². The van der Waals surface area contributed by atoms with Crippen LogP contribution in [-0.4, -0.2) is 46.5 Å². The van der Waals surface area contributed by atoms with Crippen LogP contribution in [0.25, 0.3) is 0 Å². The standard InChI is InChI=1S/C25H27ClN4O2S/c1-18-4-2-3-16-30(18)17-15-27-23(31)19-5-9-21(10-6-19)32-24-25(29-14-13-28-24)33-22-11-7-20(26)8-12-22/h5-14,18H,2-4,15-17H2,1H3,(H,27,31)/t18-/m0/s1. The molecule has 1 atom stereocenters. The Bertz CT molecular complexity index is 1060. The monoisotopic (exact) mass is 482 g/mol. The number of likely N-dealkylation sites (tertiary alicyclic amines) is 1. The molecule has 1 fully saturated rings. The summed E-state index contributed by atoms with van der Waals surface area (Å²) in [5.74, 6) is 0.919. The van der Waals surface area contributed by atoms with Crippen molar-refractivity contribution in [3.63, 3.8) is 0 Å². The van der Waals surface area contributed by atoms with Crippen molar-refractivity contribution < 1.29 is 9.53 Å². The molecule has 4 rings (SSSR count). The number of carbonyl (C=O) groups excluding carboxylic acids is 1. The molecule has 8 heteroatoms. The summed E-state index contributed by atoms with van der Waals surface area (Å²) in [6.45, 7) is 4.90. The average molecular weight is 483 g/mol. The molecular formula is C25H27ClN4O2S. The smallest absolute Gasteiger partial charge is 0.252 e.